The van der Waals surface area contributed by atoms with Gasteiger partial charge in [0.05, 0.1) is 12.8 Å². The van der Waals surface area contributed by atoms with E-state index in [0.717, 1.165) is 25.2 Å². The van der Waals surface area contributed by atoms with E-state index in [-0.39, 0.29) is 11.2 Å². The van der Waals surface area contributed by atoms with Crippen LogP contribution in [0.3, 0.4) is 0 Å². The normalized spacial score (nSPS) is 23.2. The second-order valence-electron chi connectivity index (χ2n) is 6.86. The van der Waals surface area contributed by atoms with Crippen LogP contribution in [0.2, 0.25) is 0 Å². The highest BCUT2D eigenvalue weighted by molar-refractivity contribution is 5.60. The van der Waals surface area contributed by atoms with Crippen molar-refractivity contribution in [2.24, 2.45) is 5.41 Å². The lowest BCUT2D eigenvalue weighted by Gasteiger charge is -2.46. The monoisotopic (exact) mass is 294 g/mol. The Kier molecular flexibility index (Phi) is 4.77. The summed E-state index contributed by atoms with van der Waals surface area (Å²) in [5, 5.41) is 3.65. The molecule has 0 amide bonds. The van der Waals surface area contributed by atoms with Crippen LogP contribution in [0.5, 0.6) is 5.75 Å². The molecular weight excluding hydrogens is 267 g/mol. The van der Waals surface area contributed by atoms with Crippen LogP contribution in [0.4, 0.5) is 10.1 Å². The van der Waals surface area contributed by atoms with Gasteiger partial charge in [0.25, 0.3) is 0 Å². The Balaban J connectivity index is 2.33. The number of halogens is 1. The van der Waals surface area contributed by atoms with Gasteiger partial charge in [0, 0.05) is 31.2 Å². The van der Waals surface area contributed by atoms with Gasteiger partial charge in [0.2, 0.25) is 0 Å². The van der Waals surface area contributed by atoms with Crippen molar-refractivity contribution in [3.8, 4) is 5.75 Å². The maximum Gasteiger partial charge on any atom is 0.145 e. The molecular formula is C17H27FN2O. The van der Waals surface area contributed by atoms with Crippen LogP contribution in [-0.4, -0.2) is 32.3 Å². The van der Waals surface area contributed by atoms with Crippen LogP contribution >= 0.6 is 0 Å². The van der Waals surface area contributed by atoms with Crippen molar-refractivity contribution in [1.29, 1.82) is 0 Å². The lowest BCUT2D eigenvalue weighted by Crippen LogP contribution is -2.60. The maximum atomic E-state index is 13.4. The smallest absolute Gasteiger partial charge is 0.145 e. The van der Waals surface area contributed by atoms with Gasteiger partial charge in [-0.2, -0.15) is 0 Å². The largest absolute Gasteiger partial charge is 0.494 e. The summed E-state index contributed by atoms with van der Waals surface area (Å²) in [6.07, 6.45) is 1.05. The van der Waals surface area contributed by atoms with E-state index in [1.54, 1.807) is 7.11 Å². The molecule has 1 heterocycles. The first-order chi connectivity index (χ1) is 9.86. The van der Waals surface area contributed by atoms with E-state index in [4.69, 9.17) is 4.74 Å². The number of benzene rings is 1. The first kappa shape index (κ1) is 16.1. The molecule has 1 fully saturated rings. The van der Waals surface area contributed by atoms with Gasteiger partial charge in [0.15, 0.2) is 0 Å². The second kappa shape index (κ2) is 6.22. The van der Waals surface area contributed by atoms with Crippen molar-refractivity contribution in [1.82, 2.24) is 5.32 Å². The molecule has 21 heavy (non-hydrogen) atoms. The van der Waals surface area contributed by atoms with Crippen molar-refractivity contribution in [3.05, 3.63) is 24.0 Å². The minimum Gasteiger partial charge on any atom is -0.494 e. The summed E-state index contributed by atoms with van der Waals surface area (Å²) in [7, 11) is 1.60. The summed E-state index contributed by atoms with van der Waals surface area (Å²) in [5.41, 5.74) is 1.17. The van der Waals surface area contributed by atoms with Crippen molar-refractivity contribution in [3.63, 3.8) is 0 Å². The standard InChI is InChI=1S/C17H27FN2O/c1-6-13-10-19-16(17(2,3)4)11-20(13)14-8-7-12(18)9-15(14)21-5/h7-9,13,16,19H,6,10-11H2,1-5H3. The van der Waals surface area contributed by atoms with Crippen LogP contribution in [0.1, 0.15) is 34.1 Å². The molecule has 2 atom stereocenters. The number of hydrogen-bond acceptors (Lipinski definition) is 3. The fraction of sp³-hybridized carbons (Fsp3) is 0.647. The highest BCUT2D eigenvalue weighted by atomic mass is 19.1. The van der Waals surface area contributed by atoms with Gasteiger partial charge in [0.1, 0.15) is 11.6 Å². The summed E-state index contributed by atoms with van der Waals surface area (Å²) in [4.78, 5) is 2.37. The zero-order chi connectivity index (χ0) is 15.6. The Labute approximate surface area is 127 Å². The number of nitrogens with zero attached hydrogens (tertiary/aromatic N) is 1. The summed E-state index contributed by atoms with van der Waals surface area (Å²) in [5.74, 6) is 0.356. The van der Waals surface area contributed by atoms with E-state index >= 15 is 0 Å². The molecule has 3 nitrogen and oxygen atoms in total. The topological polar surface area (TPSA) is 24.5 Å². The number of piperazine rings is 1. The molecule has 0 aliphatic carbocycles. The van der Waals surface area contributed by atoms with Gasteiger partial charge in [-0.3, -0.25) is 0 Å². The Morgan fingerprint density at radius 3 is 2.67 bits per heavy atom. The van der Waals surface area contributed by atoms with Crippen molar-refractivity contribution in [2.45, 2.75) is 46.2 Å². The zero-order valence-electron chi connectivity index (χ0n) is 13.7. The number of methoxy groups -OCH3 is 1. The minimum atomic E-state index is -0.258. The third kappa shape index (κ3) is 3.49. The first-order valence-electron chi connectivity index (χ1n) is 7.70. The van der Waals surface area contributed by atoms with Gasteiger partial charge in [-0.05, 0) is 24.0 Å². The summed E-state index contributed by atoms with van der Waals surface area (Å²) in [6, 6.07) is 5.62. The molecule has 0 saturated carbocycles. The number of hydrogen-bond donors (Lipinski definition) is 1. The van der Waals surface area contributed by atoms with Crippen LogP contribution in [0.15, 0.2) is 18.2 Å². The van der Waals surface area contributed by atoms with Crippen LogP contribution in [0.25, 0.3) is 0 Å². The Morgan fingerprint density at radius 2 is 2.10 bits per heavy atom. The van der Waals surface area contributed by atoms with Gasteiger partial charge >= 0.3 is 0 Å². The predicted molar refractivity (Wildman–Crippen MR) is 85.6 cm³/mol. The molecule has 0 bridgehead atoms. The van der Waals surface area contributed by atoms with E-state index in [1.807, 2.05) is 6.07 Å². The van der Waals surface area contributed by atoms with E-state index < -0.39 is 0 Å². The average Bonchev–Trinajstić information content (AvgIpc) is 2.45. The summed E-state index contributed by atoms with van der Waals surface area (Å²) >= 11 is 0. The van der Waals surface area contributed by atoms with Crippen LogP contribution < -0.4 is 15.0 Å². The lowest BCUT2D eigenvalue weighted by atomic mass is 9.84. The molecule has 2 rings (SSSR count). The number of nitrogens with one attached hydrogen (secondary N) is 1. The zero-order valence-corrected chi connectivity index (χ0v) is 13.7. The van der Waals surface area contributed by atoms with Crippen LogP contribution in [0, 0.1) is 11.2 Å². The van der Waals surface area contributed by atoms with E-state index in [1.165, 1.54) is 12.1 Å². The molecule has 1 saturated heterocycles. The van der Waals surface area contributed by atoms with Crippen molar-refractivity contribution >= 4 is 5.69 Å². The molecule has 118 valence electrons. The third-order valence-corrected chi connectivity index (χ3v) is 4.39. The predicted octanol–water partition coefficient (Wildman–Crippen LogP) is 3.44. The Morgan fingerprint density at radius 1 is 1.38 bits per heavy atom. The second-order valence-corrected chi connectivity index (χ2v) is 6.86. The SMILES string of the molecule is CCC1CNC(C(C)(C)C)CN1c1ccc(F)cc1OC. The van der Waals surface area contributed by atoms with Gasteiger partial charge in [-0.25, -0.2) is 4.39 Å². The first-order valence-corrected chi connectivity index (χ1v) is 7.70. The molecule has 1 aromatic rings. The van der Waals surface area contributed by atoms with E-state index in [0.29, 0.717) is 17.8 Å². The molecule has 0 spiro atoms. The Bertz CT molecular complexity index is 484. The van der Waals surface area contributed by atoms with Crippen LogP contribution in [-0.2, 0) is 0 Å². The fourth-order valence-corrected chi connectivity index (χ4v) is 2.93. The number of anilines is 1. The quantitative estimate of drug-likeness (QED) is 0.924. The average molecular weight is 294 g/mol. The van der Waals surface area contributed by atoms with Gasteiger partial charge in [-0.15, -0.1) is 0 Å². The van der Waals surface area contributed by atoms with Gasteiger partial charge < -0.3 is 15.0 Å². The molecule has 1 aliphatic heterocycles. The molecule has 2 unspecified atom stereocenters. The highest BCUT2D eigenvalue weighted by Crippen LogP contribution is 2.34. The fourth-order valence-electron chi connectivity index (χ4n) is 2.93. The molecule has 0 aromatic heterocycles. The molecule has 4 heteroatoms. The lowest BCUT2D eigenvalue weighted by molar-refractivity contribution is 0.233. The highest BCUT2D eigenvalue weighted by Gasteiger charge is 2.34. The molecule has 1 aliphatic rings. The molecule has 1 aromatic carbocycles. The van der Waals surface area contributed by atoms with Gasteiger partial charge in [-0.1, -0.05) is 27.7 Å². The third-order valence-electron chi connectivity index (χ3n) is 4.39. The maximum absolute atomic E-state index is 13.4. The van der Waals surface area contributed by atoms with E-state index in [2.05, 4.69) is 37.9 Å². The minimum absolute atomic E-state index is 0.185. The van der Waals surface area contributed by atoms with Crippen molar-refractivity contribution < 1.29 is 9.13 Å². The van der Waals surface area contributed by atoms with Crippen molar-refractivity contribution in [2.75, 3.05) is 25.1 Å². The van der Waals surface area contributed by atoms with E-state index in [9.17, 15) is 4.39 Å². The Hall–Kier alpha value is -1.29. The molecule has 0 radical (unpaired) electrons. The summed E-state index contributed by atoms with van der Waals surface area (Å²) < 4.78 is 18.8. The number of rotatable bonds is 3. The molecule has 1 N–H and O–H groups in total. The number of ether oxygens (including phenoxy) is 1. The summed E-state index contributed by atoms with van der Waals surface area (Å²) in [6.45, 7) is 10.8.